The Labute approximate surface area is 132 Å². The Hall–Kier alpha value is -1.65. The lowest BCUT2D eigenvalue weighted by Gasteiger charge is -2.27. The number of likely N-dealkylation sites (tertiary alicyclic amines) is 1. The van der Waals surface area contributed by atoms with Crippen LogP contribution >= 0.6 is 0 Å². The van der Waals surface area contributed by atoms with Gasteiger partial charge in [-0.05, 0) is 43.9 Å². The summed E-state index contributed by atoms with van der Waals surface area (Å²) < 4.78 is 1.81. The van der Waals surface area contributed by atoms with Gasteiger partial charge in [-0.15, -0.1) is 0 Å². The minimum absolute atomic E-state index is 0.350. The van der Waals surface area contributed by atoms with Crippen molar-refractivity contribution in [3.63, 3.8) is 0 Å². The van der Waals surface area contributed by atoms with Gasteiger partial charge < -0.3 is 5.11 Å². The molecule has 1 saturated heterocycles. The molecule has 0 bridgehead atoms. The molecule has 2 aromatic rings. The maximum absolute atomic E-state index is 10.3. The highest BCUT2D eigenvalue weighted by Crippen LogP contribution is 2.22. The molecule has 1 aromatic heterocycles. The van der Waals surface area contributed by atoms with Gasteiger partial charge in [0.05, 0.1) is 12.6 Å². The van der Waals surface area contributed by atoms with Crippen LogP contribution in [0, 0.1) is 0 Å². The van der Waals surface area contributed by atoms with Crippen molar-refractivity contribution >= 4 is 0 Å². The lowest BCUT2D eigenvalue weighted by Crippen LogP contribution is -2.38. The molecular weight excluding hydrogens is 274 g/mol. The summed E-state index contributed by atoms with van der Waals surface area (Å²) in [5.74, 6) is 0. The fourth-order valence-electron chi connectivity index (χ4n) is 3.39. The molecule has 2 atom stereocenters. The number of rotatable bonds is 7. The summed E-state index contributed by atoms with van der Waals surface area (Å²) in [6.45, 7) is 2.43. The molecular formula is C18H25N3O. The van der Waals surface area contributed by atoms with Crippen molar-refractivity contribution in [2.75, 3.05) is 13.1 Å². The van der Waals surface area contributed by atoms with Crippen LogP contribution in [0.1, 0.15) is 24.8 Å². The largest absolute Gasteiger partial charge is 0.390 e. The molecule has 1 N–H and O–H groups in total. The van der Waals surface area contributed by atoms with Gasteiger partial charge in [0.25, 0.3) is 0 Å². The van der Waals surface area contributed by atoms with E-state index >= 15 is 0 Å². The molecule has 3 rings (SSSR count). The van der Waals surface area contributed by atoms with Gasteiger partial charge in [-0.3, -0.25) is 9.58 Å². The lowest BCUT2D eigenvalue weighted by molar-refractivity contribution is 0.0874. The number of aliphatic hydroxyl groups excluding tert-OH is 1. The molecule has 2 heterocycles. The van der Waals surface area contributed by atoms with Crippen molar-refractivity contribution in [1.82, 2.24) is 14.7 Å². The van der Waals surface area contributed by atoms with Crippen LogP contribution in [-0.2, 0) is 13.0 Å². The van der Waals surface area contributed by atoms with E-state index in [1.165, 1.54) is 24.8 Å². The third-order valence-corrected chi connectivity index (χ3v) is 4.51. The van der Waals surface area contributed by atoms with Crippen molar-refractivity contribution in [3.8, 4) is 0 Å². The third-order valence-electron chi connectivity index (χ3n) is 4.51. The highest BCUT2D eigenvalue weighted by molar-refractivity contribution is 5.14. The van der Waals surface area contributed by atoms with Crippen LogP contribution in [0.2, 0.25) is 0 Å². The van der Waals surface area contributed by atoms with Crippen LogP contribution < -0.4 is 0 Å². The summed E-state index contributed by atoms with van der Waals surface area (Å²) in [5, 5.41) is 14.4. The molecule has 0 aliphatic carbocycles. The van der Waals surface area contributed by atoms with Crippen LogP contribution in [0.4, 0.5) is 0 Å². The molecule has 2 unspecified atom stereocenters. The molecule has 0 radical (unpaired) electrons. The van der Waals surface area contributed by atoms with E-state index in [1.807, 2.05) is 12.3 Å². The zero-order valence-corrected chi connectivity index (χ0v) is 13.0. The first-order valence-corrected chi connectivity index (χ1v) is 8.25. The minimum atomic E-state index is -0.350. The molecule has 22 heavy (non-hydrogen) atoms. The number of hydrogen-bond acceptors (Lipinski definition) is 3. The van der Waals surface area contributed by atoms with E-state index in [0.717, 1.165) is 19.5 Å². The first-order valence-electron chi connectivity index (χ1n) is 8.25. The van der Waals surface area contributed by atoms with Crippen molar-refractivity contribution in [2.45, 2.75) is 44.4 Å². The van der Waals surface area contributed by atoms with Gasteiger partial charge in [0.1, 0.15) is 0 Å². The van der Waals surface area contributed by atoms with Gasteiger partial charge in [0.15, 0.2) is 0 Å². The van der Waals surface area contributed by atoms with Gasteiger partial charge in [0.2, 0.25) is 0 Å². The standard InChI is InChI=1S/C18H25N3O/c22-18(15-21-13-5-11-19-21)14-20-12-4-8-17(20)10-9-16-6-2-1-3-7-16/h1-3,5-7,11,13,17-18,22H,4,8-10,12,14-15H2. The Bertz CT molecular complexity index is 541. The van der Waals surface area contributed by atoms with E-state index in [9.17, 15) is 5.11 Å². The van der Waals surface area contributed by atoms with Crippen LogP contribution in [0.15, 0.2) is 48.8 Å². The Balaban J connectivity index is 1.47. The summed E-state index contributed by atoms with van der Waals surface area (Å²) in [6, 6.07) is 13.2. The van der Waals surface area contributed by atoms with E-state index in [-0.39, 0.29) is 6.10 Å². The van der Waals surface area contributed by atoms with E-state index in [0.29, 0.717) is 12.6 Å². The second-order valence-electron chi connectivity index (χ2n) is 6.20. The number of aliphatic hydroxyl groups is 1. The second kappa shape index (κ2) is 7.56. The SMILES string of the molecule is OC(CN1CCCC1CCc1ccccc1)Cn1cccn1. The molecule has 0 spiro atoms. The fraction of sp³-hybridized carbons (Fsp3) is 0.500. The molecule has 0 saturated carbocycles. The van der Waals surface area contributed by atoms with Crippen LogP contribution in [-0.4, -0.2) is 45.0 Å². The van der Waals surface area contributed by atoms with Crippen molar-refractivity contribution in [2.24, 2.45) is 0 Å². The highest BCUT2D eigenvalue weighted by atomic mass is 16.3. The molecule has 118 valence electrons. The molecule has 0 amide bonds. The Kier molecular flexibility index (Phi) is 5.24. The Morgan fingerprint density at radius 1 is 1.18 bits per heavy atom. The van der Waals surface area contributed by atoms with Crippen LogP contribution in [0.25, 0.3) is 0 Å². The van der Waals surface area contributed by atoms with Gasteiger partial charge in [-0.2, -0.15) is 5.10 Å². The maximum Gasteiger partial charge on any atom is 0.0862 e. The second-order valence-corrected chi connectivity index (χ2v) is 6.20. The first kappa shape index (κ1) is 15.3. The van der Waals surface area contributed by atoms with E-state index in [1.54, 1.807) is 10.9 Å². The Morgan fingerprint density at radius 2 is 2.05 bits per heavy atom. The average Bonchev–Trinajstić information content (AvgIpc) is 3.18. The first-order chi connectivity index (χ1) is 10.8. The average molecular weight is 299 g/mol. The normalized spacial score (nSPS) is 20.3. The molecule has 1 aliphatic rings. The van der Waals surface area contributed by atoms with Gasteiger partial charge in [-0.1, -0.05) is 30.3 Å². The van der Waals surface area contributed by atoms with Crippen LogP contribution in [0.5, 0.6) is 0 Å². The number of aryl methyl sites for hydroxylation is 1. The van der Waals surface area contributed by atoms with Crippen molar-refractivity contribution in [3.05, 3.63) is 54.4 Å². The fourth-order valence-corrected chi connectivity index (χ4v) is 3.39. The highest BCUT2D eigenvalue weighted by Gasteiger charge is 2.26. The van der Waals surface area contributed by atoms with Crippen molar-refractivity contribution in [1.29, 1.82) is 0 Å². The third kappa shape index (κ3) is 4.18. The van der Waals surface area contributed by atoms with Crippen LogP contribution in [0.3, 0.4) is 0 Å². The summed E-state index contributed by atoms with van der Waals surface area (Å²) >= 11 is 0. The zero-order chi connectivity index (χ0) is 15.2. The quantitative estimate of drug-likeness (QED) is 0.853. The number of aromatic nitrogens is 2. The topological polar surface area (TPSA) is 41.3 Å². The summed E-state index contributed by atoms with van der Waals surface area (Å²) in [6.07, 6.45) is 8.10. The van der Waals surface area contributed by atoms with E-state index in [4.69, 9.17) is 0 Å². The lowest BCUT2D eigenvalue weighted by atomic mass is 10.0. The Morgan fingerprint density at radius 3 is 2.82 bits per heavy atom. The summed E-state index contributed by atoms with van der Waals surface area (Å²) in [5.41, 5.74) is 1.41. The number of β-amino-alcohol motifs (C(OH)–C–C–N with tert-alkyl or cyclic N) is 1. The zero-order valence-electron chi connectivity index (χ0n) is 13.0. The summed E-state index contributed by atoms with van der Waals surface area (Å²) in [4.78, 5) is 2.46. The van der Waals surface area contributed by atoms with E-state index < -0.39 is 0 Å². The molecule has 4 heteroatoms. The maximum atomic E-state index is 10.3. The monoisotopic (exact) mass is 299 g/mol. The molecule has 1 fully saturated rings. The number of hydrogen-bond donors (Lipinski definition) is 1. The van der Waals surface area contributed by atoms with E-state index in [2.05, 4.69) is 40.3 Å². The van der Waals surface area contributed by atoms with Crippen molar-refractivity contribution < 1.29 is 5.11 Å². The van der Waals surface area contributed by atoms with Gasteiger partial charge in [0, 0.05) is 25.0 Å². The number of benzene rings is 1. The predicted molar refractivity (Wildman–Crippen MR) is 87.6 cm³/mol. The molecule has 4 nitrogen and oxygen atoms in total. The molecule has 1 aliphatic heterocycles. The van der Waals surface area contributed by atoms with Gasteiger partial charge in [-0.25, -0.2) is 0 Å². The minimum Gasteiger partial charge on any atom is -0.390 e. The molecule has 1 aromatic carbocycles. The number of nitrogens with zero attached hydrogens (tertiary/aromatic N) is 3. The predicted octanol–water partition coefficient (Wildman–Crippen LogP) is 2.34. The summed E-state index contributed by atoms with van der Waals surface area (Å²) in [7, 11) is 0. The van der Waals surface area contributed by atoms with Gasteiger partial charge >= 0.3 is 0 Å². The smallest absolute Gasteiger partial charge is 0.0862 e.